The Morgan fingerprint density at radius 1 is 1.30 bits per heavy atom. The summed E-state index contributed by atoms with van der Waals surface area (Å²) in [6, 6.07) is 2.44. The van der Waals surface area contributed by atoms with Gasteiger partial charge in [0.2, 0.25) is 5.91 Å². The van der Waals surface area contributed by atoms with E-state index in [-0.39, 0.29) is 23.6 Å². The molecule has 20 heavy (non-hydrogen) atoms. The molecule has 2 atom stereocenters. The molecule has 6 heteroatoms. The molecule has 6 nitrogen and oxygen atoms in total. The van der Waals surface area contributed by atoms with E-state index in [1.54, 1.807) is 19.2 Å². The van der Waals surface area contributed by atoms with Crippen LogP contribution in [0.4, 0.5) is 0 Å². The van der Waals surface area contributed by atoms with Crippen molar-refractivity contribution in [3.05, 3.63) is 24.2 Å². The first-order chi connectivity index (χ1) is 9.45. The minimum absolute atomic E-state index is 0.0383. The second kappa shape index (κ2) is 7.69. The molecule has 0 aliphatic heterocycles. The van der Waals surface area contributed by atoms with Gasteiger partial charge in [-0.05, 0) is 25.0 Å². The highest BCUT2D eigenvalue weighted by Crippen LogP contribution is 2.06. The van der Waals surface area contributed by atoms with Crippen LogP contribution in [0, 0.1) is 5.92 Å². The number of hydrogen-bond donors (Lipinski definition) is 2. The Morgan fingerprint density at radius 3 is 2.50 bits per heavy atom. The summed E-state index contributed by atoms with van der Waals surface area (Å²) in [5.74, 6) is -0.482. The number of furan rings is 1. The molecule has 0 spiro atoms. The number of ether oxygens (including phenoxy) is 1. The van der Waals surface area contributed by atoms with Crippen LogP contribution >= 0.6 is 0 Å². The molecule has 112 valence electrons. The molecule has 0 saturated heterocycles. The van der Waals surface area contributed by atoms with Gasteiger partial charge in [-0.15, -0.1) is 0 Å². The minimum Gasteiger partial charge on any atom is -0.459 e. The predicted molar refractivity (Wildman–Crippen MR) is 74.3 cm³/mol. The van der Waals surface area contributed by atoms with Crippen molar-refractivity contribution >= 4 is 11.8 Å². The third-order valence-corrected chi connectivity index (χ3v) is 2.79. The fourth-order valence-electron chi connectivity index (χ4n) is 1.78. The zero-order valence-electron chi connectivity index (χ0n) is 12.3. The van der Waals surface area contributed by atoms with Crippen LogP contribution in [0.25, 0.3) is 0 Å². The highest BCUT2D eigenvalue weighted by molar-refractivity contribution is 5.95. The van der Waals surface area contributed by atoms with Crippen LogP contribution in [0.3, 0.4) is 0 Å². The Kier molecular flexibility index (Phi) is 6.24. The fraction of sp³-hybridized carbons (Fsp3) is 0.571. The van der Waals surface area contributed by atoms with Gasteiger partial charge in [0.15, 0.2) is 5.76 Å². The van der Waals surface area contributed by atoms with Gasteiger partial charge in [-0.1, -0.05) is 13.8 Å². The van der Waals surface area contributed by atoms with E-state index in [1.165, 1.54) is 6.26 Å². The molecule has 0 fully saturated rings. The van der Waals surface area contributed by atoms with E-state index in [1.807, 2.05) is 20.8 Å². The van der Waals surface area contributed by atoms with Gasteiger partial charge >= 0.3 is 0 Å². The Labute approximate surface area is 118 Å². The van der Waals surface area contributed by atoms with Gasteiger partial charge < -0.3 is 19.8 Å². The lowest BCUT2D eigenvalue weighted by atomic mass is 10.0. The van der Waals surface area contributed by atoms with Gasteiger partial charge in [0.1, 0.15) is 6.04 Å². The van der Waals surface area contributed by atoms with Crippen molar-refractivity contribution in [1.29, 1.82) is 0 Å². The van der Waals surface area contributed by atoms with Gasteiger partial charge in [0.25, 0.3) is 5.91 Å². The molecule has 0 aromatic carbocycles. The number of carbonyl (C=O) groups excluding carboxylic acids is 2. The summed E-state index contributed by atoms with van der Waals surface area (Å²) in [6.07, 6.45) is 1.42. The van der Waals surface area contributed by atoms with Gasteiger partial charge in [0.05, 0.1) is 12.9 Å². The summed E-state index contributed by atoms with van der Waals surface area (Å²) in [7, 11) is 1.57. The molecular weight excluding hydrogens is 260 g/mol. The second-order valence-electron chi connectivity index (χ2n) is 5.04. The Bertz CT molecular complexity index is 428. The molecule has 2 N–H and O–H groups in total. The van der Waals surface area contributed by atoms with Crippen LogP contribution in [0.2, 0.25) is 0 Å². The monoisotopic (exact) mass is 282 g/mol. The lowest BCUT2D eigenvalue weighted by molar-refractivity contribution is -0.124. The molecule has 0 saturated carbocycles. The van der Waals surface area contributed by atoms with E-state index < -0.39 is 11.9 Å². The zero-order chi connectivity index (χ0) is 15.1. The smallest absolute Gasteiger partial charge is 0.287 e. The summed E-state index contributed by atoms with van der Waals surface area (Å²) >= 11 is 0. The first kappa shape index (κ1) is 16.2. The Morgan fingerprint density at radius 2 is 2.00 bits per heavy atom. The molecule has 0 radical (unpaired) electrons. The lowest BCUT2D eigenvalue weighted by Gasteiger charge is -2.23. The average Bonchev–Trinajstić information content (AvgIpc) is 2.89. The standard InChI is InChI=1S/C14H22N2O4/c1-9(2)12(14(18)15-10(3)8-19-4)16-13(17)11-6-5-7-20-11/h5-7,9-10,12H,8H2,1-4H3,(H,15,18)(H,16,17). The maximum Gasteiger partial charge on any atom is 0.287 e. The van der Waals surface area contributed by atoms with Crippen LogP contribution in [0.1, 0.15) is 31.3 Å². The summed E-state index contributed by atoms with van der Waals surface area (Å²) in [4.78, 5) is 24.1. The molecule has 2 unspecified atom stereocenters. The second-order valence-corrected chi connectivity index (χ2v) is 5.04. The van der Waals surface area contributed by atoms with Crippen LogP contribution in [0.5, 0.6) is 0 Å². The van der Waals surface area contributed by atoms with Crippen LogP contribution in [-0.4, -0.2) is 37.6 Å². The van der Waals surface area contributed by atoms with Crippen molar-refractivity contribution in [3.63, 3.8) is 0 Å². The zero-order valence-corrected chi connectivity index (χ0v) is 12.3. The molecule has 0 aliphatic rings. The maximum atomic E-state index is 12.2. The van der Waals surface area contributed by atoms with Crippen molar-refractivity contribution in [2.75, 3.05) is 13.7 Å². The van der Waals surface area contributed by atoms with E-state index in [9.17, 15) is 9.59 Å². The molecular formula is C14H22N2O4. The van der Waals surface area contributed by atoms with E-state index in [2.05, 4.69) is 10.6 Å². The third kappa shape index (κ3) is 4.70. The normalized spacial score (nSPS) is 13.8. The summed E-state index contributed by atoms with van der Waals surface area (Å²) in [5.41, 5.74) is 0. The SMILES string of the molecule is COCC(C)NC(=O)C(NC(=O)c1ccco1)C(C)C. The molecule has 2 amide bonds. The minimum atomic E-state index is -0.619. The van der Waals surface area contributed by atoms with Crippen molar-refractivity contribution in [3.8, 4) is 0 Å². The van der Waals surface area contributed by atoms with E-state index in [0.29, 0.717) is 6.61 Å². The number of carbonyl (C=O) groups is 2. The van der Waals surface area contributed by atoms with Crippen molar-refractivity contribution in [2.24, 2.45) is 5.92 Å². The molecule has 1 aromatic heterocycles. The van der Waals surface area contributed by atoms with Gasteiger partial charge in [-0.3, -0.25) is 9.59 Å². The number of hydrogen-bond acceptors (Lipinski definition) is 4. The van der Waals surface area contributed by atoms with Crippen LogP contribution < -0.4 is 10.6 Å². The largest absolute Gasteiger partial charge is 0.459 e. The number of nitrogens with one attached hydrogen (secondary N) is 2. The summed E-state index contributed by atoms with van der Waals surface area (Å²) < 4.78 is 9.98. The molecule has 1 rings (SSSR count). The van der Waals surface area contributed by atoms with Crippen molar-refractivity contribution in [2.45, 2.75) is 32.9 Å². The van der Waals surface area contributed by atoms with E-state index in [4.69, 9.17) is 9.15 Å². The average molecular weight is 282 g/mol. The van der Waals surface area contributed by atoms with Crippen LogP contribution in [-0.2, 0) is 9.53 Å². The lowest BCUT2D eigenvalue weighted by Crippen LogP contribution is -2.52. The van der Waals surface area contributed by atoms with Crippen molar-refractivity contribution < 1.29 is 18.7 Å². The summed E-state index contributed by atoms with van der Waals surface area (Å²) in [5, 5.41) is 5.48. The number of amides is 2. The molecule has 0 bridgehead atoms. The van der Waals surface area contributed by atoms with Gasteiger partial charge in [-0.25, -0.2) is 0 Å². The van der Waals surface area contributed by atoms with Gasteiger partial charge in [0, 0.05) is 13.2 Å². The maximum absolute atomic E-state index is 12.2. The first-order valence-corrected chi connectivity index (χ1v) is 6.59. The summed E-state index contributed by atoms with van der Waals surface area (Å²) in [6.45, 7) is 6.00. The molecule has 1 heterocycles. The predicted octanol–water partition coefficient (Wildman–Crippen LogP) is 1.19. The van der Waals surface area contributed by atoms with E-state index in [0.717, 1.165) is 0 Å². The Hall–Kier alpha value is -1.82. The van der Waals surface area contributed by atoms with Crippen LogP contribution in [0.15, 0.2) is 22.8 Å². The molecule has 1 aromatic rings. The highest BCUT2D eigenvalue weighted by atomic mass is 16.5. The fourth-order valence-corrected chi connectivity index (χ4v) is 1.78. The van der Waals surface area contributed by atoms with E-state index >= 15 is 0 Å². The Balaban J connectivity index is 2.64. The van der Waals surface area contributed by atoms with Crippen molar-refractivity contribution in [1.82, 2.24) is 10.6 Å². The molecule has 0 aliphatic carbocycles. The van der Waals surface area contributed by atoms with Gasteiger partial charge in [-0.2, -0.15) is 0 Å². The number of rotatable bonds is 7. The first-order valence-electron chi connectivity index (χ1n) is 6.59. The third-order valence-electron chi connectivity index (χ3n) is 2.79. The quantitative estimate of drug-likeness (QED) is 0.787. The number of methoxy groups -OCH3 is 1. The topological polar surface area (TPSA) is 80.6 Å². The highest BCUT2D eigenvalue weighted by Gasteiger charge is 2.26.